The highest BCUT2D eigenvalue weighted by Gasteiger charge is 2.03. The number of hydrogen-bond acceptors (Lipinski definition) is 4. The van der Waals surface area contributed by atoms with E-state index in [0.717, 1.165) is 31.0 Å². The molecule has 0 unspecified atom stereocenters. The van der Waals surface area contributed by atoms with E-state index in [1.165, 1.54) is 10.6 Å². The lowest BCUT2D eigenvalue weighted by Gasteiger charge is -2.21. The van der Waals surface area contributed by atoms with E-state index in [4.69, 9.17) is 0 Å². The Morgan fingerprint density at radius 3 is 2.37 bits per heavy atom. The molecule has 2 rings (SSSR count). The fourth-order valence-electron chi connectivity index (χ4n) is 2.06. The lowest BCUT2D eigenvalue weighted by atomic mass is 10.2. The molecule has 1 N–H and O–H groups in total. The lowest BCUT2D eigenvalue weighted by Crippen LogP contribution is -2.21. The molecule has 0 fully saturated rings. The minimum absolute atomic E-state index is 0.848. The Labute approximate surface area is 119 Å². The van der Waals surface area contributed by atoms with Crippen molar-refractivity contribution in [2.75, 3.05) is 23.3 Å². The average molecular weight is 275 g/mol. The number of hydrogen-bond donors (Lipinski definition) is 1. The van der Waals surface area contributed by atoms with Gasteiger partial charge < -0.3 is 10.2 Å². The number of thiazole rings is 1. The maximum absolute atomic E-state index is 4.26. The maximum atomic E-state index is 4.26. The third-order valence-corrected chi connectivity index (χ3v) is 4.23. The molecule has 1 aromatic heterocycles. The summed E-state index contributed by atoms with van der Waals surface area (Å²) in [6.45, 7) is 9.36. The Morgan fingerprint density at radius 1 is 1.16 bits per heavy atom. The Bertz CT molecular complexity index is 500. The SMILES string of the molecule is CCN(CC)c1ccc(NCc2scnc2C)cc1. The minimum Gasteiger partial charge on any atom is -0.380 e. The highest BCUT2D eigenvalue weighted by atomic mass is 32.1. The van der Waals surface area contributed by atoms with Crippen molar-refractivity contribution in [3.05, 3.63) is 40.3 Å². The van der Waals surface area contributed by atoms with Gasteiger partial charge in [0.2, 0.25) is 0 Å². The van der Waals surface area contributed by atoms with Crippen LogP contribution < -0.4 is 10.2 Å². The molecular weight excluding hydrogens is 254 g/mol. The summed E-state index contributed by atoms with van der Waals surface area (Å²) in [7, 11) is 0. The Balaban J connectivity index is 1.97. The van der Waals surface area contributed by atoms with Gasteiger partial charge in [0.05, 0.1) is 17.7 Å². The van der Waals surface area contributed by atoms with Crippen molar-refractivity contribution in [1.29, 1.82) is 0 Å². The highest BCUT2D eigenvalue weighted by Crippen LogP contribution is 2.19. The summed E-state index contributed by atoms with van der Waals surface area (Å²) in [4.78, 5) is 7.90. The highest BCUT2D eigenvalue weighted by molar-refractivity contribution is 7.09. The predicted octanol–water partition coefficient (Wildman–Crippen LogP) is 3.91. The molecule has 4 heteroatoms. The van der Waals surface area contributed by atoms with Gasteiger partial charge in [-0.3, -0.25) is 0 Å². The van der Waals surface area contributed by atoms with Crippen molar-refractivity contribution in [2.24, 2.45) is 0 Å². The zero-order valence-electron chi connectivity index (χ0n) is 11.8. The zero-order valence-corrected chi connectivity index (χ0v) is 12.6. The average Bonchev–Trinajstić information content (AvgIpc) is 2.85. The van der Waals surface area contributed by atoms with E-state index in [2.05, 4.69) is 60.2 Å². The second-order valence-electron chi connectivity index (χ2n) is 4.43. The monoisotopic (exact) mass is 275 g/mol. The van der Waals surface area contributed by atoms with Crippen LogP contribution in [0.1, 0.15) is 24.4 Å². The van der Waals surface area contributed by atoms with E-state index in [-0.39, 0.29) is 0 Å². The van der Waals surface area contributed by atoms with Crippen LogP contribution in [0.15, 0.2) is 29.8 Å². The molecule has 2 aromatic rings. The number of nitrogens with zero attached hydrogens (tertiary/aromatic N) is 2. The second-order valence-corrected chi connectivity index (χ2v) is 5.37. The molecule has 1 heterocycles. The van der Waals surface area contributed by atoms with Crippen molar-refractivity contribution in [1.82, 2.24) is 4.98 Å². The summed E-state index contributed by atoms with van der Waals surface area (Å²) in [5.41, 5.74) is 5.46. The van der Waals surface area contributed by atoms with Crippen LogP contribution in [0, 0.1) is 6.92 Å². The molecule has 0 saturated carbocycles. The van der Waals surface area contributed by atoms with Crippen molar-refractivity contribution in [3.8, 4) is 0 Å². The van der Waals surface area contributed by atoms with Crippen LogP contribution in [0.5, 0.6) is 0 Å². The summed E-state index contributed by atoms with van der Waals surface area (Å²) in [5, 5.41) is 3.44. The smallest absolute Gasteiger partial charge is 0.0798 e. The van der Waals surface area contributed by atoms with Crippen LogP contribution in [-0.2, 0) is 6.54 Å². The first-order chi connectivity index (χ1) is 9.24. The summed E-state index contributed by atoms with van der Waals surface area (Å²) < 4.78 is 0. The van der Waals surface area contributed by atoms with Crippen molar-refractivity contribution >= 4 is 22.7 Å². The van der Waals surface area contributed by atoms with Gasteiger partial charge in [-0.1, -0.05) is 0 Å². The summed E-state index contributed by atoms with van der Waals surface area (Å²) in [6.07, 6.45) is 0. The number of rotatable bonds is 6. The summed E-state index contributed by atoms with van der Waals surface area (Å²) in [5.74, 6) is 0. The minimum atomic E-state index is 0.848. The van der Waals surface area contributed by atoms with Crippen LogP contribution >= 0.6 is 11.3 Å². The van der Waals surface area contributed by atoms with Gasteiger partial charge >= 0.3 is 0 Å². The molecule has 0 spiro atoms. The maximum Gasteiger partial charge on any atom is 0.0798 e. The molecule has 0 aliphatic carbocycles. The first-order valence-corrected chi connectivity index (χ1v) is 7.60. The summed E-state index contributed by atoms with van der Waals surface area (Å²) in [6, 6.07) is 8.64. The number of anilines is 2. The number of benzene rings is 1. The second kappa shape index (κ2) is 6.57. The Kier molecular flexibility index (Phi) is 4.80. The molecule has 0 aliphatic rings. The van der Waals surface area contributed by atoms with Gasteiger partial charge in [0, 0.05) is 29.3 Å². The number of nitrogens with one attached hydrogen (secondary N) is 1. The standard InChI is InChI=1S/C15H21N3S/c1-4-18(5-2)14-8-6-13(7-9-14)16-10-15-12(3)17-11-19-15/h6-9,11,16H,4-5,10H2,1-3H3. The van der Waals surface area contributed by atoms with Gasteiger partial charge in [0.15, 0.2) is 0 Å². The zero-order chi connectivity index (χ0) is 13.7. The Hall–Kier alpha value is -1.55. The number of aryl methyl sites for hydroxylation is 1. The van der Waals surface area contributed by atoms with Crippen LogP contribution in [0.4, 0.5) is 11.4 Å². The van der Waals surface area contributed by atoms with Crippen molar-refractivity contribution < 1.29 is 0 Å². The third-order valence-electron chi connectivity index (χ3n) is 3.29. The van der Waals surface area contributed by atoms with E-state index in [1.54, 1.807) is 11.3 Å². The van der Waals surface area contributed by atoms with E-state index in [0.29, 0.717) is 0 Å². The third kappa shape index (κ3) is 3.47. The molecular formula is C15H21N3S. The molecule has 19 heavy (non-hydrogen) atoms. The lowest BCUT2D eigenvalue weighted by molar-refractivity contribution is 0.866. The van der Waals surface area contributed by atoms with Gasteiger partial charge in [-0.25, -0.2) is 4.98 Å². The molecule has 0 amide bonds. The van der Waals surface area contributed by atoms with Crippen LogP contribution in [-0.4, -0.2) is 18.1 Å². The molecule has 102 valence electrons. The molecule has 0 bridgehead atoms. The van der Waals surface area contributed by atoms with Gasteiger partial charge in [0.1, 0.15) is 0 Å². The number of aromatic nitrogens is 1. The Morgan fingerprint density at radius 2 is 1.84 bits per heavy atom. The fraction of sp³-hybridized carbons (Fsp3) is 0.400. The topological polar surface area (TPSA) is 28.2 Å². The van der Waals surface area contributed by atoms with Crippen LogP contribution in [0.25, 0.3) is 0 Å². The van der Waals surface area contributed by atoms with Crippen LogP contribution in [0.3, 0.4) is 0 Å². The predicted molar refractivity (Wildman–Crippen MR) is 84.2 cm³/mol. The fourth-order valence-corrected chi connectivity index (χ4v) is 2.77. The molecule has 0 atom stereocenters. The van der Waals surface area contributed by atoms with E-state index < -0.39 is 0 Å². The molecule has 0 radical (unpaired) electrons. The van der Waals surface area contributed by atoms with E-state index >= 15 is 0 Å². The normalized spacial score (nSPS) is 10.5. The van der Waals surface area contributed by atoms with Gasteiger partial charge in [-0.2, -0.15) is 0 Å². The van der Waals surface area contributed by atoms with Crippen molar-refractivity contribution in [2.45, 2.75) is 27.3 Å². The van der Waals surface area contributed by atoms with Crippen LogP contribution in [0.2, 0.25) is 0 Å². The first kappa shape index (κ1) is 13.9. The first-order valence-electron chi connectivity index (χ1n) is 6.72. The quantitative estimate of drug-likeness (QED) is 0.866. The largest absolute Gasteiger partial charge is 0.380 e. The molecule has 1 aromatic carbocycles. The molecule has 0 aliphatic heterocycles. The van der Waals surface area contributed by atoms with E-state index in [9.17, 15) is 0 Å². The van der Waals surface area contributed by atoms with E-state index in [1.807, 2.05) is 5.51 Å². The molecule has 3 nitrogen and oxygen atoms in total. The van der Waals surface area contributed by atoms with Gasteiger partial charge in [0.25, 0.3) is 0 Å². The van der Waals surface area contributed by atoms with Crippen molar-refractivity contribution in [3.63, 3.8) is 0 Å². The summed E-state index contributed by atoms with van der Waals surface area (Å²) >= 11 is 1.70. The van der Waals surface area contributed by atoms with Gasteiger partial charge in [-0.05, 0) is 45.0 Å². The van der Waals surface area contributed by atoms with Gasteiger partial charge in [-0.15, -0.1) is 11.3 Å². The molecule has 0 saturated heterocycles.